The van der Waals surface area contributed by atoms with Crippen molar-refractivity contribution in [3.63, 3.8) is 0 Å². The van der Waals surface area contributed by atoms with E-state index in [9.17, 15) is 4.79 Å². The molecule has 1 atom stereocenters. The highest BCUT2D eigenvalue weighted by Gasteiger charge is 2.21. The van der Waals surface area contributed by atoms with Gasteiger partial charge in [-0.15, -0.1) is 0 Å². The van der Waals surface area contributed by atoms with Crippen LogP contribution in [0.25, 0.3) is 0 Å². The summed E-state index contributed by atoms with van der Waals surface area (Å²) >= 11 is 3.37. The van der Waals surface area contributed by atoms with Crippen LogP contribution in [0.3, 0.4) is 0 Å². The smallest absolute Gasteiger partial charge is 0.323 e. The molecule has 0 amide bonds. The molecule has 0 bridgehead atoms. The van der Waals surface area contributed by atoms with Gasteiger partial charge in [-0.3, -0.25) is 4.79 Å². The number of halogens is 1. The van der Waals surface area contributed by atoms with Gasteiger partial charge in [0.25, 0.3) is 0 Å². The van der Waals surface area contributed by atoms with E-state index in [0.29, 0.717) is 6.61 Å². The summed E-state index contributed by atoms with van der Waals surface area (Å²) < 4.78 is 6.32. The molecule has 1 fully saturated rings. The minimum atomic E-state index is -0.132. The molecular formula is C13H16BrNO2. The Balaban J connectivity index is 1.81. The second-order valence-electron chi connectivity index (χ2n) is 4.24. The van der Waals surface area contributed by atoms with Gasteiger partial charge in [0.1, 0.15) is 12.6 Å². The molecule has 0 unspecified atom stereocenters. The molecule has 1 aromatic carbocycles. The minimum Gasteiger partial charge on any atom is -0.460 e. The average molecular weight is 298 g/mol. The maximum absolute atomic E-state index is 11.7. The van der Waals surface area contributed by atoms with Gasteiger partial charge >= 0.3 is 5.97 Å². The number of ether oxygens (including phenoxy) is 1. The topological polar surface area (TPSA) is 38.3 Å². The van der Waals surface area contributed by atoms with Crippen LogP contribution >= 0.6 is 15.9 Å². The van der Waals surface area contributed by atoms with Crippen molar-refractivity contribution in [2.45, 2.75) is 31.9 Å². The zero-order valence-electron chi connectivity index (χ0n) is 9.62. The first-order chi connectivity index (χ1) is 8.25. The van der Waals surface area contributed by atoms with E-state index in [1.807, 2.05) is 24.3 Å². The van der Waals surface area contributed by atoms with E-state index in [-0.39, 0.29) is 12.0 Å². The fourth-order valence-electron chi connectivity index (χ4n) is 1.89. The molecule has 1 aliphatic rings. The van der Waals surface area contributed by atoms with Gasteiger partial charge in [-0.25, -0.2) is 0 Å². The third kappa shape index (κ3) is 3.82. The van der Waals surface area contributed by atoms with Crippen LogP contribution < -0.4 is 5.32 Å². The highest BCUT2D eigenvalue weighted by atomic mass is 79.9. The molecule has 0 radical (unpaired) electrons. The molecule has 0 aliphatic carbocycles. The summed E-state index contributed by atoms with van der Waals surface area (Å²) in [5.41, 5.74) is 1.01. The summed E-state index contributed by atoms with van der Waals surface area (Å²) in [6.45, 7) is 1.27. The summed E-state index contributed by atoms with van der Waals surface area (Å²) in [5.74, 6) is -0.132. The lowest BCUT2D eigenvalue weighted by molar-refractivity contribution is -0.148. The number of piperidine rings is 1. The Hall–Kier alpha value is -0.870. The summed E-state index contributed by atoms with van der Waals surface area (Å²) in [6, 6.07) is 7.68. The van der Waals surface area contributed by atoms with E-state index in [1.165, 1.54) is 0 Å². The van der Waals surface area contributed by atoms with Crippen LogP contribution in [0.5, 0.6) is 0 Å². The highest BCUT2D eigenvalue weighted by molar-refractivity contribution is 9.10. The Morgan fingerprint density at radius 2 is 2.12 bits per heavy atom. The lowest BCUT2D eigenvalue weighted by Crippen LogP contribution is -2.41. The quantitative estimate of drug-likeness (QED) is 0.872. The van der Waals surface area contributed by atoms with Gasteiger partial charge in [-0.05, 0) is 37.1 Å². The fraction of sp³-hybridized carbons (Fsp3) is 0.462. The van der Waals surface area contributed by atoms with Gasteiger partial charge in [0, 0.05) is 4.47 Å². The first-order valence-corrected chi connectivity index (χ1v) is 6.69. The predicted molar refractivity (Wildman–Crippen MR) is 69.6 cm³/mol. The normalized spacial score (nSPS) is 19.9. The molecule has 3 nitrogen and oxygen atoms in total. The number of esters is 1. The molecule has 1 saturated heterocycles. The minimum absolute atomic E-state index is 0.112. The molecule has 0 spiro atoms. The largest absolute Gasteiger partial charge is 0.460 e. The summed E-state index contributed by atoms with van der Waals surface area (Å²) in [7, 11) is 0. The first-order valence-electron chi connectivity index (χ1n) is 5.90. The maximum atomic E-state index is 11.7. The van der Waals surface area contributed by atoms with Crippen LogP contribution in [-0.2, 0) is 16.1 Å². The van der Waals surface area contributed by atoms with Crippen LogP contribution in [0.2, 0.25) is 0 Å². The van der Waals surface area contributed by atoms with Crippen LogP contribution in [0, 0.1) is 0 Å². The molecule has 4 heteroatoms. The first kappa shape index (κ1) is 12.6. The Morgan fingerprint density at radius 1 is 1.35 bits per heavy atom. The van der Waals surface area contributed by atoms with Gasteiger partial charge in [0.15, 0.2) is 0 Å². The van der Waals surface area contributed by atoms with Crippen molar-refractivity contribution in [1.29, 1.82) is 0 Å². The molecule has 1 N–H and O–H groups in total. The van der Waals surface area contributed by atoms with Crippen molar-refractivity contribution in [3.8, 4) is 0 Å². The molecule has 1 aliphatic heterocycles. The lowest BCUT2D eigenvalue weighted by atomic mass is 10.1. The van der Waals surface area contributed by atoms with E-state index in [0.717, 1.165) is 35.8 Å². The van der Waals surface area contributed by atoms with Crippen molar-refractivity contribution >= 4 is 21.9 Å². The lowest BCUT2D eigenvalue weighted by Gasteiger charge is -2.21. The third-order valence-electron chi connectivity index (χ3n) is 2.89. The van der Waals surface area contributed by atoms with Crippen LogP contribution in [0.1, 0.15) is 24.8 Å². The summed E-state index contributed by atoms with van der Waals surface area (Å²) in [4.78, 5) is 11.7. The van der Waals surface area contributed by atoms with E-state index < -0.39 is 0 Å². The molecule has 1 heterocycles. The number of nitrogens with one attached hydrogen (secondary N) is 1. The standard InChI is InChI=1S/C13H16BrNO2/c14-11-6-4-10(5-7-11)9-17-13(16)12-3-1-2-8-15-12/h4-7,12,15H,1-3,8-9H2/t12-/m1/s1. The molecule has 17 heavy (non-hydrogen) atoms. The zero-order chi connectivity index (χ0) is 12.1. The maximum Gasteiger partial charge on any atom is 0.323 e. The summed E-state index contributed by atoms with van der Waals surface area (Å²) in [5, 5.41) is 3.18. The van der Waals surface area contributed by atoms with Gasteiger partial charge in [0.05, 0.1) is 0 Å². The Bertz CT molecular complexity index is 372. The number of benzene rings is 1. The van der Waals surface area contributed by atoms with Crippen molar-refractivity contribution in [2.75, 3.05) is 6.54 Å². The van der Waals surface area contributed by atoms with Gasteiger partial charge in [-0.2, -0.15) is 0 Å². The number of hydrogen-bond donors (Lipinski definition) is 1. The van der Waals surface area contributed by atoms with E-state index in [1.54, 1.807) is 0 Å². The molecule has 0 saturated carbocycles. The van der Waals surface area contributed by atoms with Crippen LogP contribution in [0.15, 0.2) is 28.7 Å². The van der Waals surface area contributed by atoms with Crippen molar-refractivity contribution in [2.24, 2.45) is 0 Å². The zero-order valence-corrected chi connectivity index (χ0v) is 11.2. The van der Waals surface area contributed by atoms with E-state index in [4.69, 9.17) is 4.74 Å². The Kier molecular flexibility index (Phi) is 4.57. The van der Waals surface area contributed by atoms with Crippen LogP contribution in [-0.4, -0.2) is 18.6 Å². The van der Waals surface area contributed by atoms with Crippen molar-refractivity contribution in [3.05, 3.63) is 34.3 Å². The fourth-order valence-corrected chi connectivity index (χ4v) is 2.15. The average Bonchev–Trinajstić information content (AvgIpc) is 2.39. The number of hydrogen-bond acceptors (Lipinski definition) is 3. The molecule has 1 aromatic rings. The SMILES string of the molecule is O=C(OCc1ccc(Br)cc1)[C@H]1CCCCN1. The van der Waals surface area contributed by atoms with Crippen molar-refractivity contribution < 1.29 is 9.53 Å². The van der Waals surface area contributed by atoms with Gasteiger partial charge in [0.2, 0.25) is 0 Å². The predicted octanol–water partition coefficient (Wildman–Crippen LogP) is 2.63. The second kappa shape index (κ2) is 6.17. The third-order valence-corrected chi connectivity index (χ3v) is 3.42. The molecular weight excluding hydrogens is 282 g/mol. The monoisotopic (exact) mass is 297 g/mol. The summed E-state index contributed by atoms with van der Waals surface area (Å²) in [6.07, 6.45) is 3.14. The van der Waals surface area contributed by atoms with E-state index in [2.05, 4.69) is 21.2 Å². The number of rotatable bonds is 3. The number of carbonyl (C=O) groups excluding carboxylic acids is 1. The molecule has 2 rings (SSSR count). The second-order valence-corrected chi connectivity index (χ2v) is 5.15. The Labute approximate surface area is 110 Å². The molecule has 92 valence electrons. The van der Waals surface area contributed by atoms with Crippen LogP contribution in [0.4, 0.5) is 0 Å². The van der Waals surface area contributed by atoms with Gasteiger partial charge < -0.3 is 10.1 Å². The van der Waals surface area contributed by atoms with Crippen molar-refractivity contribution in [1.82, 2.24) is 5.32 Å². The Morgan fingerprint density at radius 3 is 2.76 bits per heavy atom. The van der Waals surface area contributed by atoms with E-state index >= 15 is 0 Å². The molecule has 0 aromatic heterocycles. The van der Waals surface area contributed by atoms with Gasteiger partial charge in [-0.1, -0.05) is 34.5 Å². The highest BCUT2D eigenvalue weighted by Crippen LogP contribution is 2.13. The number of carbonyl (C=O) groups is 1.